The topological polar surface area (TPSA) is 65.0 Å². The summed E-state index contributed by atoms with van der Waals surface area (Å²) in [4.78, 5) is 27.9. The van der Waals surface area contributed by atoms with Crippen LogP contribution in [-0.4, -0.2) is 17.8 Å². The Morgan fingerprint density at radius 2 is 1.77 bits per heavy atom. The first-order valence-corrected chi connectivity index (χ1v) is 8.82. The van der Waals surface area contributed by atoms with Crippen LogP contribution in [-0.2, 0) is 14.3 Å². The van der Waals surface area contributed by atoms with E-state index in [0.29, 0.717) is 5.75 Å². The molecule has 0 radical (unpaired) electrons. The quantitative estimate of drug-likeness (QED) is 0.424. The summed E-state index contributed by atoms with van der Waals surface area (Å²) in [6.45, 7) is 3.54. The van der Waals surface area contributed by atoms with Gasteiger partial charge in [-0.1, -0.05) is 41.9 Å². The minimum atomic E-state index is -0.502. The number of ether oxygens (including phenoxy) is 2. The summed E-state index contributed by atoms with van der Waals surface area (Å²) in [6, 6.07) is 14.2. The van der Waals surface area contributed by atoms with Crippen molar-refractivity contribution in [2.24, 2.45) is 10.9 Å². The summed E-state index contributed by atoms with van der Waals surface area (Å²) in [7, 11) is 0. The van der Waals surface area contributed by atoms with Gasteiger partial charge in [-0.3, -0.25) is 4.79 Å². The zero-order valence-electron chi connectivity index (χ0n) is 14.2. The molecule has 5 nitrogen and oxygen atoms in total. The first-order chi connectivity index (χ1) is 12.4. The van der Waals surface area contributed by atoms with Gasteiger partial charge in [-0.15, -0.1) is 0 Å². The van der Waals surface area contributed by atoms with Gasteiger partial charge in [0.1, 0.15) is 5.75 Å². The van der Waals surface area contributed by atoms with Gasteiger partial charge in [-0.25, -0.2) is 9.79 Å². The zero-order valence-corrected chi connectivity index (χ0v) is 15.8. The fraction of sp³-hybridized carbons (Fsp3) is 0.150. The molecule has 0 saturated heterocycles. The van der Waals surface area contributed by atoms with Gasteiger partial charge in [0.2, 0.25) is 5.90 Å². The Kier molecular flexibility index (Phi) is 5.32. The molecule has 132 valence electrons. The smallest absolute Gasteiger partial charge is 0.363 e. The van der Waals surface area contributed by atoms with Crippen LogP contribution in [0.3, 0.4) is 0 Å². The maximum absolute atomic E-state index is 12.0. The summed E-state index contributed by atoms with van der Waals surface area (Å²) in [5.74, 6) is -0.260. The van der Waals surface area contributed by atoms with Gasteiger partial charge in [-0.2, -0.15) is 0 Å². The molecule has 0 saturated carbocycles. The summed E-state index contributed by atoms with van der Waals surface area (Å²) >= 11 is 3.36. The highest BCUT2D eigenvalue weighted by atomic mass is 79.9. The van der Waals surface area contributed by atoms with Crippen molar-refractivity contribution >= 4 is 39.8 Å². The lowest BCUT2D eigenvalue weighted by molar-refractivity contribution is -0.137. The fourth-order valence-corrected chi connectivity index (χ4v) is 2.41. The standard InChI is InChI=1S/C20H16BrNO4/c1-12(2)19(23)25-16-9-3-13(4-10-16)11-17-20(24)26-18(22-17)14-5-7-15(21)8-6-14/h3-12H,1-2H3/b17-11-. The molecule has 0 aromatic heterocycles. The molecule has 0 bridgehead atoms. The van der Waals surface area contributed by atoms with Crippen molar-refractivity contribution in [3.63, 3.8) is 0 Å². The van der Waals surface area contributed by atoms with E-state index in [1.54, 1.807) is 44.2 Å². The predicted octanol–water partition coefficient (Wildman–Crippen LogP) is 4.36. The maximum atomic E-state index is 12.0. The highest BCUT2D eigenvalue weighted by molar-refractivity contribution is 9.10. The van der Waals surface area contributed by atoms with E-state index in [4.69, 9.17) is 9.47 Å². The van der Waals surface area contributed by atoms with E-state index in [1.165, 1.54) is 0 Å². The Morgan fingerprint density at radius 1 is 1.12 bits per heavy atom. The number of nitrogens with zero attached hydrogens (tertiary/aromatic N) is 1. The summed E-state index contributed by atoms with van der Waals surface area (Å²) in [5.41, 5.74) is 1.69. The third-order valence-electron chi connectivity index (χ3n) is 3.59. The first kappa shape index (κ1) is 18.1. The van der Waals surface area contributed by atoms with Crippen LogP contribution in [0.2, 0.25) is 0 Å². The van der Waals surface area contributed by atoms with E-state index < -0.39 is 5.97 Å². The molecule has 2 aromatic carbocycles. The molecular formula is C20H16BrNO4. The molecule has 0 fully saturated rings. The van der Waals surface area contributed by atoms with Crippen molar-refractivity contribution in [2.75, 3.05) is 0 Å². The van der Waals surface area contributed by atoms with Crippen LogP contribution in [0.15, 0.2) is 63.7 Å². The molecule has 1 aliphatic rings. The third kappa shape index (κ3) is 4.26. The van der Waals surface area contributed by atoms with Gasteiger partial charge < -0.3 is 9.47 Å². The first-order valence-electron chi connectivity index (χ1n) is 8.02. The second kappa shape index (κ2) is 7.66. The monoisotopic (exact) mass is 413 g/mol. The van der Waals surface area contributed by atoms with E-state index >= 15 is 0 Å². The Bertz CT molecular complexity index is 896. The number of esters is 2. The molecule has 0 aliphatic carbocycles. The average molecular weight is 414 g/mol. The average Bonchev–Trinajstić information content (AvgIpc) is 2.98. The molecule has 1 heterocycles. The lowest BCUT2D eigenvalue weighted by Crippen LogP contribution is -2.14. The van der Waals surface area contributed by atoms with Gasteiger partial charge in [0.05, 0.1) is 5.92 Å². The fourth-order valence-electron chi connectivity index (χ4n) is 2.15. The summed E-state index contributed by atoms with van der Waals surface area (Å²) in [6.07, 6.45) is 1.63. The number of rotatable bonds is 4. The van der Waals surface area contributed by atoms with Crippen molar-refractivity contribution in [3.05, 3.63) is 69.8 Å². The minimum Gasteiger partial charge on any atom is -0.426 e. The van der Waals surface area contributed by atoms with Gasteiger partial charge in [0, 0.05) is 10.0 Å². The molecule has 2 aromatic rings. The molecule has 0 atom stereocenters. The third-order valence-corrected chi connectivity index (χ3v) is 4.11. The highest BCUT2D eigenvalue weighted by Crippen LogP contribution is 2.22. The van der Waals surface area contributed by atoms with Crippen molar-refractivity contribution in [2.45, 2.75) is 13.8 Å². The van der Waals surface area contributed by atoms with Crippen LogP contribution in [0, 0.1) is 5.92 Å². The number of hydrogen-bond acceptors (Lipinski definition) is 5. The van der Waals surface area contributed by atoms with Crippen LogP contribution in [0.25, 0.3) is 6.08 Å². The molecule has 3 rings (SSSR count). The molecular weight excluding hydrogens is 398 g/mol. The van der Waals surface area contributed by atoms with E-state index in [9.17, 15) is 9.59 Å². The number of carbonyl (C=O) groups is 2. The lowest BCUT2D eigenvalue weighted by Gasteiger charge is -2.06. The van der Waals surface area contributed by atoms with Crippen LogP contribution < -0.4 is 4.74 Å². The minimum absolute atomic E-state index is 0.198. The van der Waals surface area contributed by atoms with Gasteiger partial charge in [-0.05, 0) is 48.0 Å². The lowest BCUT2D eigenvalue weighted by atomic mass is 10.2. The zero-order chi connectivity index (χ0) is 18.7. The molecule has 6 heteroatoms. The van der Waals surface area contributed by atoms with Gasteiger partial charge >= 0.3 is 11.9 Å². The van der Waals surface area contributed by atoms with Gasteiger partial charge in [0.25, 0.3) is 0 Å². The van der Waals surface area contributed by atoms with Crippen molar-refractivity contribution < 1.29 is 19.1 Å². The van der Waals surface area contributed by atoms with Crippen molar-refractivity contribution in [1.82, 2.24) is 0 Å². The van der Waals surface area contributed by atoms with E-state index in [1.807, 2.05) is 24.3 Å². The number of benzene rings is 2. The SMILES string of the molecule is CC(C)C(=O)Oc1ccc(/C=C2\N=C(c3ccc(Br)cc3)OC2=O)cc1. The highest BCUT2D eigenvalue weighted by Gasteiger charge is 2.24. The molecule has 0 unspecified atom stereocenters. The van der Waals surface area contributed by atoms with Gasteiger partial charge in [0.15, 0.2) is 5.70 Å². The number of hydrogen-bond donors (Lipinski definition) is 0. The Hall–Kier alpha value is -2.73. The van der Waals surface area contributed by atoms with E-state index in [-0.39, 0.29) is 23.5 Å². The normalized spacial score (nSPS) is 15.2. The molecule has 1 aliphatic heterocycles. The molecule has 0 amide bonds. The maximum Gasteiger partial charge on any atom is 0.363 e. The molecule has 0 spiro atoms. The molecule has 26 heavy (non-hydrogen) atoms. The van der Waals surface area contributed by atoms with Crippen LogP contribution in [0.5, 0.6) is 5.75 Å². The Balaban J connectivity index is 1.77. The number of carbonyl (C=O) groups excluding carboxylic acids is 2. The molecule has 0 N–H and O–H groups in total. The van der Waals surface area contributed by atoms with E-state index in [2.05, 4.69) is 20.9 Å². The van der Waals surface area contributed by atoms with Crippen LogP contribution >= 0.6 is 15.9 Å². The Morgan fingerprint density at radius 3 is 2.38 bits per heavy atom. The predicted molar refractivity (Wildman–Crippen MR) is 102 cm³/mol. The van der Waals surface area contributed by atoms with Crippen LogP contribution in [0.1, 0.15) is 25.0 Å². The Labute approximate surface area is 159 Å². The largest absolute Gasteiger partial charge is 0.426 e. The second-order valence-electron chi connectivity index (χ2n) is 5.99. The van der Waals surface area contributed by atoms with Crippen molar-refractivity contribution in [1.29, 1.82) is 0 Å². The summed E-state index contributed by atoms with van der Waals surface area (Å²) in [5, 5.41) is 0. The van der Waals surface area contributed by atoms with Crippen LogP contribution in [0.4, 0.5) is 0 Å². The second-order valence-corrected chi connectivity index (χ2v) is 6.90. The number of cyclic esters (lactones) is 1. The number of halogens is 1. The number of aliphatic imine (C=N–C) groups is 1. The summed E-state index contributed by atoms with van der Waals surface area (Å²) < 4.78 is 11.4. The van der Waals surface area contributed by atoms with Crippen molar-refractivity contribution in [3.8, 4) is 5.75 Å². The van der Waals surface area contributed by atoms with E-state index in [0.717, 1.165) is 15.6 Å².